The highest BCUT2D eigenvalue weighted by Crippen LogP contribution is 2.20. The van der Waals surface area contributed by atoms with E-state index in [0.717, 1.165) is 10.9 Å². The number of rotatable bonds is 24. The summed E-state index contributed by atoms with van der Waals surface area (Å²) in [6, 6.07) is -0.672. The molecule has 7 atom stereocenters. The highest BCUT2D eigenvalue weighted by molar-refractivity contribution is 5.98. The first-order valence-corrected chi connectivity index (χ1v) is 22.0. The largest absolute Gasteiger partial charge is 0.467 e. The van der Waals surface area contributed by atoms with Gasteiger partial charge in [-0.15, -0.1) is 0 Å². The van der Waals surface area contributed by atoms with E-state index in [9.17, 15) is 38.4 Å². The predicted octanol–water partition coefficient (Wildman–Crippen LogP) is 0.607. The molecular weight excluding hydrogens is 853 g/mol. The number of benzene rings is 1. The van der Waals surface area contributed by atoms with Crippen LogP contribution in [-0.4, -0.2) is 122 Å². The Bertz CT molecular complexity index is 2270. The Balaban J connectivity index is 1.46. The van der Waals surface area contributed by atoms with Crippen LogP contribution in [0.25, 0.3) is 10.9 Å². The first-order chi connectivity index (χ1) is 31.3. The number of carbonyl (C=O) groups excluding carboxylic acids is 8. The number of fused-ring (bicyclic) bond motifs is 1. The van der Waals surface area contributed by atoms with E-state index in [2.05, 4.69) is 62.1 Å². The lowest BCUT2D eigenvalue weighted by Crippen LogP contribution is -2.60. The lowest BCUT2D eigenvalue weighted by atomic mass is 10.0. The Morgan fingerprint density at radius 2 is 1.05 bits per heavy atom. The van der Waals surface area contributed by atoms with Gasteiger partial charge in [0.2, 0.25) is 41.4 Å². The van der Waals surface area contributed by atoms with Crippen molar-refractivity contribution in [1.29, 1.82) is 0 Å². The van der Waals surface area contributed by atoms with Gasteiger partial charge in [0, 0.05) is 54.7 Å². The highest BCUT2D eigenvalue weighted by atomic mass is 16.5. The summed E-state index contributed by atoms with van der Waals surface area (Å²) in [5.41, 5.74) is 2.47. The highest BCUT2D eigenvalue weighted by Gasteiger charge is 2.34. The van der Waals surface area contributed by atoms with Crippen molar-refractivity contribution >= 4 is 58.2 Å². The van der Waals surface area contributed by atoms with Gasteiger partial charge in [-0.3, -0.25) is 33.6 Å². The van der Waals surface area contributed by atoms with Crippen molar-refractivity contribution in [3.05, 3.63) is 72.5 Å². The monoisotopic (exact) mass is 916 g/mol. The normalized spacial score (nSPS) is 14.5. The van der Waals surface area contributed by atoms with Crippen LogP contribution in [0.4, 0.5) is 0 Å². The number of para-hydroxylation sites is 1. The maximum absolute atomic E-state index is 14.1. The molecule has 4 rings (SSSR count). The van der Waals surface area contributed by atoms with Crippen LogP contribution in [0.15, 0.2) is 55.5 Å². The quantitative estimate of drug-likeness (QED) is 0.0435. The van der Waals surface area contributed by atoms with E-state index < -0.39 is 95.5 Å². The van der Waals surface area contributed by atoms with Gasteiger partial charge < -0.3 is 56.9 Å². The average molecular weight is 917 g/mol. The van der Waals surface area contributed by atoms with Crippen LogP contribution in [0.5, 0.6) is 0 Å². The summed E-state index contributed by atoms with van der Waals surface area (Å²) in [6.45, 7) is 13.3. The summed E-state index contributed by atoms with van der Waals surface area (Å²) in [4.78, 5) is 125. The molecule has 0 spiro atoms. The molecule has 21 heteroatoms. The second kappa shape index (κ2) is 24.3. The Labute approximate surface area is 383 Å². The lowest BCUT2D eigenvalue weighted by molar-refractivity contribution is -0.146. The van der Waals surface area contributed by atoms with Crippen LogP contribution in [0.3, 0.4) is 0 Å². The first-order valence-electron chi connectivity index (χ1n) is 22.0. The fraction of sp³-hybridized carbons (Fsp3) is 0.511. The molecule has 0 fully saturated rings. The minimum Gasteiger partial charge on any atom is -0.467 e. The average Bonchev–Trinajstić information content (AvgIpc) is 4.07. The molecule has 0 saturated heterocycles. The third kappa shape index (κ3) is 15.0. The second-order valence-electron chi connectivity index (χ2n) is 17.3. The minimum atomic E-state index is -1.23. The lowest BCUT2D eigenvalue weighted by Gasteiger charge is -2.27. The molecule has 10 N–H and O–H groups in total. The number of aromatic nitrogens is 5. The molecule has 7 amide bonds. The maximum Gasteiger partial charge on any atom is 0.328 e. The molecule has 3 heterocycles. The smallest absolute Gasteiger partial charge is 0.328 e. The van der Waals surface area contributed by atoms with Gasteiger partial charge in [0.15, 0.2) is 0 Å². The van der Waals surface area contributed by atoms with Gasteiger partial charge in [0.05, 0.1) is 31.2 Å². The van der Waals surface area contributed by atoms with Gasteiger partial charge in [0.25, 0.3) is 0 Å². The van der Waals surface area contributed by atoms with E-state index in [1.807, 2.05) is 38.1 Å². The number of esters is 1. The Morgan fingerprint density at radius 1 is 0.561 bits per heavy atom. The number of hydrogen-bond donors (Lipinski definition) is 10. The number of imidazole rings is 2. The molecule has 0 aliphatic rings. The summed E-state index contributed by atoms with van der Waals surface area (Å²) in [5.74, 6) is -6.14. The molecule has 0 radical (unpaired) electrons. The Morgan fingerprint density at radius 3 is 1.56 bits per heavy atom. The molecule has 0 aliphatic heterocycles. The van der Waals surface area contributed by atoms with Gasteiger partial charge in [-0.2, -0.15) is 0 Å². The van der Waals surface area contributed by atoms with Crippen molar-refractivity contribution in [2.24, 2.45) is 17.8 Å². The van der Waals surface area contributed by atoms with Gasteiger partial charge >= 0.3 is 5.97 Å². The number of nitrogens with one attached hydrogen (secondary N) is 10. The molecule has 0 bridgehead atoms. The van der Waals surface area contributed by atoms with Gasteiger partial charge in [-0.05, 0) is 43.7 Å². The summed E-state index contributed by atoms with van der Waals surface area (Å²) in [5, 5.41) is 19.6. The van der Waals surface area contributed by atoms with Crippen LogP contribution in [0.1, 0.15) is 78.8 Å². The standard InChI is InChI=1S/C45H64N12O9/c1-23(2)14-36(45(65)66-9)56-43(63)35(17-30-20-47-22-50-30)54-39(59)26(7)52-44(64)37(24(3)4)57-40(60)27(8)51-41(61)33(15-28-18-48-32-13-11-10-12-31(28)32)55-42(62)34(53-38(58)25(5)6)16-29-19-46-21-49-29/h10-13,18-27,33-37,48H,14-17H2,1-9H3,(H,46,49)(H,47,50)(H,51,61)(H,52,64)(H,53,58)(H,54,59)(H,55,62)(H,56,63)(H,57,60)/t26-,27+,33+,34+,35+,36+,37+/m1/s1. The van der Waals surface area contributed by atoms with Crippen molar-refractivity contribution < 1.29 is 43.1 Å². The fourth-order valence-corrected chi connectivity index (χ4v) is 6.94. The fourth-order valence-electron chi connectivity index (χ4n) is 6.94. The molecule has 358 valence electrons. The van der Waals surface area contributed by atoms with Crippen LogP contribution in [0, 0.1) is 17.8 Å². The van der Waals surface area contributed by atoms with Crippen molar-refractivity contribution in [3.63, 3.8) is 0 Å². The summed E-state index contributed by atoms with van der Waals surface area (Å²) in [7, 11) is 1.21. The number of amides is 7. The predicted molar refractivity (Wildman–Crippen MR) is 243 cm³/mol. The topological polar surface area (TPSA) is 303 Å². The van der Waals surface area contributed by atoms with Crippen molar-refractivity contribution in [1.82, 2.24) is 62.1 Å². The number of nitrogens with zero attached hydrogens (tertiary/aromatic N) is 2. The molecule has 66 heavy (non-hydrogen) atoms. The number of H-pyrrole nitrogens is 3. The van der Waals surface area contributed by atoms with Crippen molar-refractivity contribution in [2.75, 3.05) is 7.11 Å². The third-order valence-corrected chi connectivity index (χ3v) is 10.7. The minimum absolute atomic E-state index is 0.00811. The summed E-state index contributed by atoms with van der Waals surface area (Å²) < 4.78 is 4.87. The Hall–Kier alpha value is -7.06. The van der Waals surface area contributed by atoms with E-state index in [1.165, 1.54) is 33.6 Å². The number of methoxy groups -OCH3 is 1. The van der Waals surface area contributed by atoms with E-state index in [4.69, 9.17) is 4.74 Å². The number of aromatic amines is 3. The van der Waals surface area contributed by atoms with Crippen LogP contribution >= 0.6 is 0 Å². The maximum atomic E-state index is 14.1. The SMILES string of the molecule is COC(=O)[C@H](CC(C)C)NC(=O)[C@H](Cc1c[nH]cn1)NC(=O)[C@@H](C)NC(=O)[C@@H](NC(=O)[C@H](C)NC(=O)[C@H](Cc1c[nH]c2ccccc12)NC(=O)[C@H](Cc1c[nH]cn1)NC(=O)C(C)C)C(C)C. The number of carbonyl (C=O) groups is 8. The molecule has 4 aromatic rings. The van der Waals surface area contributed by atoms with Gasteiger partial charge in [-0.25, -0.2) is 14.8 Å². The molecular formula is C45H64N12O9. The molecule has 3 aromatic heterocycles. The van der Waals surface area contributed by atoms with Gasteiger partial charge in [0.1, 0.15) is 42.3 Å². The van der Waals surface area contributed by atoms with E-state index >= 15 is 0 Å². The second-order valence-corrected chi connectivity index (χ2v) is 17.3. The number of hydrogen-bond acceptors (Lipinski definition) is 11. The molecule has 21 nitrogen and oxygen atoms in total. The molecule has 1 aromatic carbocycles. The van der Waals surface area contributed by atoms with E-state index in [1.54, 1.807) is 46.3 Å². The third-order valence-electron chi connectivity index (χ3n) is 10.7. The molecule has 0 saturated carbocycles. The number of ether oxygens (including phenoxy) is 1. The molecule has 0 aliphatic carbocycles. The zero-order chi connectivity index (χ0) is 48.7. The van der Waals surface area contributed by atoms with Crippen molar-refractivity contribution in [3.8, 4) is 0 Å². The summed E-state index contributed by atoms with van der Waals surface area (Å²) >= 11 is 0. The van der Waals surface area contributed by atoms with Crippen molar-refractivity contribution in [2.45, 2.75) is 123 Å². The zero-order valence-corrected chi connectivity index (χ0v) is 38.9. The van der Waals surface area contributed by atoms with Gasteiger partial charge in [-0.1, -0.05) is 59.7 Å². The van der Waals surface area contributed by atoms with E-state index in [0.29, 0.717) is 17.0 Å². The molecule has 0 unspecified atom stereocenters. The van der Waals surface area contributed by atoms with Crippen LogP contribution in [-0.2, 0) is 62.4 Å². The Kier molecular flexibility index (Phi) is 19.0. The zero-order valence-electron chi connectivity index (χ0n) is 38.9. The van der Waals surface area contributed by atoms with Crippen LogP contribution in [0.2, 0.25) is 0 Å². The first kappa shape index (κ1) is 51.6. The van der Waals surface area contributed by atoms with Crippen LogP contribution < -0.4 is 37.2 Å². The van der Waals surface area contributed by atoms with E-state index in [-0.39, 0.29) is 37.5 Å². The summed E-state index contributed by atoms with van der Waals surface area (Å²) in [6.07, 6.45) is 8.02.